The van der Waals surface area contributed by atoms with Gasteiger partial charge in [-0.3, -0.25) is 19.7 Å². The van der Waals surface area contributed by atoms with Crippen LogP contribution < -0.4 is 5.32 Å². The number of benzene rings is 1. The molecule has 3 unspecified atom stereocenters. The van der Waals surface area contributed by atoms with Crippen molar-refractivity contribution >= 4 is 40.9 Å². The predicted octanol–water partition coefficient (Wildman–Crippen LogP) is 3.01. The highest BCUT2D eigenvalue weighted by Gasteiger charge is 2.43. The van der Waals surface area contributed by atoms with Gasteiger partial charge in [-0.25, -0.2) is 0 Å². The van der Waals surface area contributed by atoms with Gasteiger partial charge in [0.05, 0.1) is 22.6 Å². The second-order valence-electron chi connectivity index (χ2n) is 10.3. The van der Waals surface area contributed by atoms with Crippen molar-refractivity contribution in [2.45, 2.75) is 44.7 Å². The molecular formula is C26H36Cl2N4O4. The molecular weight excluding hydrogens is 503 g/mol. The molecule has 4 rings (SSSR count). The van der Waals surface area contributed by atoms with Gasteiger partial charge in [-0.1, -0.05) is 29.3 Å². The monoisotopic (exact) mass is 538 g/mol. The molecule has 198 valence electrons. The average molecular weight is 540 g/mol. The first-order valence-corrected chi connectivity index (χ1v) is 13.5. The number of methoxy groups -OCH3 is 1. The molecule has 1 aliphatic carbocycles. The molecule has 0 aromatic heterocycles. The molecule has 36 heavy (non-hydrogen) atoms. The van der Waals surface area contributed by atoms with Crippen molar-refractivity contribution in [3.05, 3.63) is 33.8 Å². The van der Waals surface area contributed by atoms with Gasteiger partial charge in [-0.2, -0.15) is 0 Å². The Kier molecular flexibility index (Phi) is 9.15. The molecule has 0 bridgehead atoms. The van der Waals surface area contributed by atoms with Gasteiger partial charge in [0.25, 0.3) is 0 Å². The van der Waals surface area contributed by atoms with Crippen LogP contribution in [0.25, 0.3) is 0 Å². The Hall–Kier alpha value is -1.87. The van der Waals surface area contributed by atoms with Crippen molar-refractivity contribution in [2.75, 3.05) is 47.1 Å². The summed E-state index contributed by atoms with van der Waals surface area (Å²) in [4.78, 5) is 43.6. The summed E-state index contributed by atoms with van der Waals surface area (Å²) in [5.41, 5.74) is 0.883. The maximum atomic E-state index is 13.4. The largest absolute Gasteiger partial charge is 0.375 e. The van der Waals surface area contributed by atoms with Gasteiger partial charge in [-0.05, 0) is 61.6 Å². The standard InChI is InChI=1S/C26H36Cl2N4O4/c1-30(13-17-3-5-21(27)22(28)11-17)24(33)14-32-16-29-23-6-4-19(12-20(23)26(32)35)18-7-9-31(10-8-18)25(34)15-36-2/h3,5,11,18-20,23,29H,4,6-10,12-16H2,1-2H3. The van der Waals surface area contributed by atoms with Crippen molar-refractivity contribution < 1.29 is 19.1 Å². The number of carbonyl (C=O) groups excluding carboxylic acids is 3. The molecule has 1 aromatic rings. The highest BCUT2D eigenvalue weighted by Crippen LogP contribution is 2.40. The molecule has 0 spiro atoms. The van der Waals surface area contributed by atoms with Gasteiger partial charge in [0.15, 0.2) is 0 Å². The van der Waals surface area contributed by atoms with Crippen LogP contribution in [0.2, 0.25) is 10.0 Å². The summed E-state index contributed by atoms with van der Waals surface area (Å²) in [6.45, 7) is 2.50. The first-order valence-electron chi connectivity index (χ1n) is 12.7. The van der Waals surface area contributed by atoms with Gasteiger partial charge in [0.2, 0.25) is 17.7 Å². The van der Waals surface area contributed by atoms with E-state index in [2.05, 4.69) is 5.32 Å². The SMILES string of the molecule is COCC(=O)N1CCC(C2CCC3NCN(CC(=O)N(C)Cc4ccc(Cl)c(Cl)c4)C(=O)C3C2)CC1. The van der Waals surface area contributed by atoms with Crippen LogP contribution >= 0.6 is 23.2 Å². The fourth-order valence-electron chi connectivity index (χ4n) is 5.94. The highest BCUT2D eigenvalue weighted by molar-refractivity contribution is 6.42. The fourth-order valence-corrected chi connectivity index (χ4v) is 6.26. The zero-order chi connectivity index (χ0) is 25.8. The number of ether oxygens (including phenoxy) is 1. The Balaban J connectivity index is 1.29. The van der Waals surface area contributed by atoms with E-state index in [0.29, 0.717) is 35.1 Å². The van der Waals surface area contributed by atoms with Crippen molar-refractivity contribution in [2.24, 2.45) is 17.8 Å². The van der Waals surface area contributed by atoms with E-state index in [1.54, 1.807) is 36.1 Å². The highest BCUT2D eigenvalue weighted by atomic mass is 35.5. The average Bonchev–Trinajstić information content (AvgIpc) is 2.88. The zero-order valence-corrected chi connectivity index (χ0v) is 22.6. The molecule has 3 amide bonds. The topological polar surface area (TPSA) is 82.2 Å². The third-order valence-corrected chi connectivity index (χ3v) is 8.79. The normalized spacial score (nSPS) is 25.0. The number of likely N-dealkylation sites (tertiary alicyclic amines) is 1. The number of hydrogen-bond acceptors (Lipinski definition) is 5. The van der Waals surface area contributed by atoms with Crippen LogP contribution in [-0.2, 0) is 25.7 Å². The lowest BCUT2D eigenvalue weighted by Gasteiger charge is -2.46. The van der Waals surface area contributed by atoms with Gasteiger partial charge in [0, 0.05) is 39.8 Å². The van der Waals surface area contributed by atoms with Gasteiger partial charge in [0.1, 0.15) is 13.2 Å². The van der Waals surface area contributed by atoms with Crippen LogP contribution in [0.5, 0.6) is 0 Å². The van der Waals surface area contributed by atoms with E-state index in [1.165, 1.54) is 0 Å². The van der Waals surface area contributed by atoms with Crippen molar-refractivity contribution in [3.63, 3.8) is 0 Å². The van der Waals surface area contributed by atoms with E-state index in [1.807, 2.05) is 11.0 Å². The minimum atomic E-state index is -0.116. The molecule has 8 nitrogen and oxygen atoms in total. The number of nitrogens with zero attached hydrogens (tertiary/aromatic N) is 3. The summed E-state index contributed by atoms with van der Waals surface area (Å²) >= 11 is 12.1. The van der Waals surface area contributed by atoms with Crippen LogP contribution in [0.15, 0.2) is 18.2 Å². The molecule has 10 heteroatoms. The van der Waals surface area contributed by atoms with E-state index in [0.717, 1.165) is 50.8 Å². The van der Waals surface area contributed by atoms with Crippen LogP contribution in [0, 0.1) is 17.8 Å². The quantitative estimate of drug-likeness (QED) is 0.576. The molecule has 1 saturated carbocycles. The number of hydrogen-bond donors (Lipinski definition) is 1. The molecule has 2 aliphatic heterocycles. The number of carbonyl (C=O) groups is 3. The number of fused-ring (bicyclic) bond motifs is 1. The maximum absolute atomic E-state index is 13.4. The molecule has 3 fully saturated rings. The molecule has 3 aliphatic rings. The Morgan fingerprint density at radius 2 is 1.86 bits per heavy atom. The number of nitrogens with one attached hydrogen (secondary N) is 1. The smallest absolute Gasteiger partial charge is 0.248 e. The summed E-state index contributed by atoms with van der Waals surface area (Å²) in [6, 6.07) is 5.50. The van der Waals surface area contributed by atoms with Crippen molar-refractivity contribution in [1.82, 2.24) is 20.0 Å². The minimum absolute atomic E-state index is 0.0516. The van der Waals surface area contributed by atoms with Crippen molar-refractivity contribution in [3.8, 4) is 0 Å². The lowest BCUT2D eigenvalue weighted by Crippen LogP contribution is -2.60. The van der Waals surface area contributed by atoms with Crippen LogP contribution in [0.1, 0.15) is 37.7 Å². The number of amides is 3. The Morgan fingerprint density at radius 3 is 2.56 bits per heavy atom. The summed E-state index contributed by atoms with van der Waals surface area (Å²) < 4.78 is 4.98. The molecule has 0 radical (unpaired) electrons. The van der Waals surface area contributed by atoms with E-state index in [9.17, 15) is 14.4 Å². The van der Waals surface area contributed by atoms with E-state index in [4.69, 9.17) is 27.9 Å². The third kappa shape index (κ3) is 6.33. The summed E-state index contributed by atoms with van der Waals surface area (Å²) in [5.74, 6) is 0.918. The second-order valence-corrected chi connectivity index (χ2v) is 11.1. The third-order valence-electron chi connectivity index (χ3n) is 8.05. The van der Waals surface area contributed by atoms with E-state index >= 15 is 0 Å². The van der Waals surface area contributed by atoms with Gasteiger partial charge in [-0.15, -0.1) is 0 Å². The number of likely N-dealkylation sites (N-methyl/N-ethyl adjacent to an activating group) is 1. The van der Waals surface area contributed by atoms with Crippen LogP contribution in [-0.4, -0.2) is 85.5 Å². The Labute approximate surface area is 223 Å². The second kappa shape index (κ2) is 12.1. The Bertz CT molecular complexity index is 969. The van der Waals surface area contributed by atoms with Crippen LogP contribution in [0.3, 0.4) is 0 Å². The molecule has 1 aromatic carbocycles. The summed E-state index contributed by atoms with van der Waals surface area (Å²) in [7, 11) is 3.28. The number of rotatable bonds is 7. The van der Waals surface area contributed by atoms with Crippen molar-refractivity contribution in [1.29, 1.82) is 0 Å². The molecule has 1 N–H and O–H groups in total. The maximum Gasteiger partial charge on any atom is 0.248 e. The molecule has 2 saturated heterocycles. The molecule has 2 heterocycles. The first kappa shape index (κ1) is 27.2. The molecule has 3 atom stereocenters. The lowest BCUT2D eigenvalue weighted by molar-refractivity contribution is -0.148. The number of halogens is 2. The minimum Gasteiger partial charge on any atom is -0.375 e. The summed E-state index contributed by atoms with van der Waals surface area (Å²) in [5, 5.41) is 4.44. The zero-order valence-electron chi connectivity index (χ0n) is 21.1. The van der Waals surface area contributed by atoms with E-state index in [-0.39, 0.29) is 42.8 Å². The van der Waals surface area contributed by atoms with E-state index < -0.39 is 0 Å². The predicted molar refractivity (Wildman–Crippen MR) is 138 cm³/mol. The lowest BCUT2D eigenvalue weighted by atomic mass is 9.69. The first-order chi connectivity index (χ1) is 17.3. The van der Waals surface area contributed by atoms with Gasteiger partial charge >= 0.3 is 0 Å². The van der Waals surface area contributed by atoms with Crippen LogP contribution in [0.4, 0.5) is 0 Å². The number of piperidine rings is 1. The Morgan fingerprint density at radius 1 is 1.11 bits per heavy atom. The summed E-state index contributed by atoms with van der Waals surface area (Å²) in [6.07, 6.45) is 4.87. The fraction of sp³-hybridized carbons (Fsp3) is 0.654. The van der Waals surface area contributed by atoms with Gasteiger partial charge < -0.3 is 19.4 Å².